The fourth-order valence-corrected chi connectivity index (χ4v) is 3.80. The van der Waals surface area contributed by atoms with Crippen molar-refractivity contribution in [2.45, 2.75) is 19.8 Å². The van der Waals surface area contributed by atoms with Gasteiger partial charge in [-0.3, -0.25) is 9.78 Å². The van der Waals surface area contributed by atoms with Gasteiger partial charge in [-0.1, -0.05) is 25.5 Å². The molecule has 36 heavy (non-hydrogen) atoms. The van der Waals surface area contributed by atoms with Gasteiger partial charge in [0.15, 0.2) is 5.82 Å². The molecule has 0 aliphatic carbocycles. The molecule has 0 saturated heterocycles. The van der Waals surface area contributed by atoms with Crippen molar-refractivity contribution in [2.24, 2.45) is 0 Å². The molecule has 5 aromatic rings. The molecule has 1 amide bonds. The van der Waals surface area contributed by atoms with Crippen LogP contribution < -0.4 is 15.4 Å². The number of para-hydroxylation sites is 2. The quantitative estimate of drug-likeness (QED) is 0.317. The maximum absolute atomic E-state index is 12.8. The molecule has 0 aliphatic heterocycles. The topological polar surface area (TPSA) is 106 Å². The Labute approximate surface area is 208 Å². The highest BCUT2D eigenvalue weighted by molar-refractivity contribution is 6.05. The summed E-state index contributed by atoms with van der Waals surface area (Å²) in [6, 6.07) is 20.3. The van der Waals surface area contributed by atoms with Gasteiger partial charge in [0.1, 0.15) is 11.6 Å². The van der Waals surface area contributed by atoms with Crippen LogP contribution in [0, 0.1) is 0 Å². The highest BCUT2D eigenvalue weighted by Crippen LogP contribution is 2.25. The number of ether oxygens (including phenoxy) is 1. The summed E-state index contributed by atoms with van der Waals surface area (Å²) in [4.78, 5) is 26.2. The van der Waals surface area contributed by atoms with Crippen LogP contribution in [0.3, 0.4) is 0 Å². The second-order valence-electron chi connectivity index (χ2n) is 8.13. The van der Waals surface area contributed by atoms with E-state index in [2.05, 4.69) is 37.6 Å². The molecule has 3 heterocycles. The molecule has 9 nitrogen and oxygen atoms in total. The van der Waals surface area contributed by atoms with E-state index in [1.165, 1.54) is 0 Å². The third kappa shape index (κ3) is 4.85. The van der Waals surface area contributed by atoms with Gasteiger partial charge in [0.05, 0.1) is 12.8 Å². The SMILES string of the molecule is CCCc1cc(Nc2ccc(C(=O)Nc3ccccc3OC)cc2)n2nc(-c3cccnc3)nc2n1. The lowest BCUT2D eigenvalue weighted by molar-refractivity contribution is 0.102. The minimum absolute atomic E-state index is 0.222. The summed E-state index contributed by atoms with van der Waals surface area (Å²) >= 11 is 0. The van der Waals surface area contributed by atoms with Crippen LogP contribution in [0.5, 0.6) is 5.75 Å². The maximum Gasteiger partial charge on any atom is 0.255 e. The van der Waals surface area contributed by atoms with Gasteiger partial charge < -0.3 is 15.4 Å². The fraction of sp³-hybridized carbons (Fsp3) is 0.148. The predicted molar refractivity (Wildman–Crippen MR) is 139 cm³/mol. The number of pyridine rings is 1. The second kappa shape index (κ2) is 10.2. The molecule has 0 saturated carbocycles. The Morgan fingerprint density at radius 3 is 2.61 bits per heavy atom. The summed E-state index contributed by atoms with van der Waals surface area (Å²) in [6.07, 6.45) is 5.22. The van der Waals surface area contributed by atoms with Crippen LogP contribution >= 0.6 is 0 Å². The van der Waals surface area contributed by atoms with Crippen molar-refractivity contribution in [2.75, 3.05) is 17.7 Å². The van der Waals surface area contributed by atoms with Gasteiger partial charge >= 0.3 is 0 Å². The monoisotopic (exact) mass is 479 g/mol. The first kappa shape index (κ1) is 23.0. The zero-order valence-corrected chi connectivity index (χ0v) is 20.0. The minimum Gasteiger partial charge on any atom is -0.495 e. The highest BCUT2D eigenvalue weighted by Gasteiger charge is 2.14. The number of carbonyl (C=O) groups is 1. The van der Waals surface area contributed by atoms with Crippen molar-refractivity contribution in [3.63, 3.8) is 0 Å². The number of nitrogens with one attached hydrogen (secondary N) is 2. The van der Waals surface area contributed by atoms with E-state index in [0.717, 1.165) is 35.6 Å². The molecule has 0 radical (unpaired) electrons. The van der Waals surface area contributed by atoms with E-state index in [1.807, 2.05) is 42.5 Å². The molecule has 2 N–H and O–H groups in total. The van der Waals surface area contributed by atoms with Gasteiger partial charge in [-0.25, -0.2) is 4.98 Å². The van der Waals surface area contributed by atoms with Crippen LogP contribution in [0.1, 0.15) is 29.4 Å². The third-order valence-electron chi connectivity index (χ3n) is 5.57. The molecule has 2 aromatic carbocycles. The zero-order valence-electron chi connectivity index (χ0n) is 20.0. The Morgan fingerprint density at radius 2 is 1.86 bits per heavy atom. The van der Waals surface area contributed by atoms with Gasteiger partial charge in [0.25, 0.3) is 11.7 Å². The molecule has 0 spiro atoms. The summed E-state index contributed by atoms with van der Waals surface area (Å²) < 4.78 is 7.00. The number of aryl methyl sites for hydroxylation is 1. The number of methoxy groups -OCH3 is 1. The summed E-state index contributed by atoms with van der Waals surface area (Å²) in [6.45, 7) is 2.11. The van der Waals surface area contributed by atoms with Crippen molar-refractivity contribution in [1.82, 2.24) is 24.6 Å². The Hall–Kier alpha value is -4.79. The van der Waals surface area contributed by atoms with E-state index in [0.29, 0.717) is 28.6 Å². The van der Waals surface area contributed by atoms with Crippen molar-refractivity contribution in [3.8, 4) is 17.1 Å². The van der Waals surface area contributed by atoms with Crippen LogP contribution in [0.25, 0.3) is 17.2 Å². The van der Waals surface area contributed by atoms with E-state index in [1.54, 1.807) is 48.3 Å². The van der Waals surface area contributed by atoms with Gasteiger partial charge in [0, 0.05) is 41.0 Å². The molecule has 0 unspecified atom stereocenters. The number of benzene rings is 2. The van der Waals surface area contributed by atoms with E-state index in [4.69, 9.17) is 4.74 Å². The number of nitrogens with zero attached hydrogens (tertiary/aromatic N) is 5. The minimum atomic E-state index is -0.222. The molecular weight excluding hydrogens is 454 g/mol. The molecule has 0 fully saturated rings. The van der Waals surface area contributed by atoms with Crippen molar-refractivity contribution in [3.05, 3.63) is 90.4 Å². The maximum atomic E-state index is 12.8. The number of amides is 1. The molecule has 3 aromatic heterocycles. The number of hydrogen-bond acceptors (Lipinski definition) is 7. The standard InChI is InChI=1S/C27H25N7O2/c1-3-7-21-16-24(34-27(30-21)32-25(33-34)19-8-6-15-28-17-19)29-20-13-11-18(12-14-20)26(35)31-22-9-4-5-10-23(22)36-2/h4-6,8-17,29H,3,7H2,1-2H3,(H,31,35). The second-order valence-corrected chi connectivity index (χ2v) is 8.13. The normalized spacial score (nSPS) is 10.8. The number of aromatic nitrogens is 5. The van der Waals surface area contributed by atoms with Crippen LogP contribution in [-0.4, -0.2) is 37.6 Å². The predicted octanol–water partition coefficient (Wildman–Crippen LogP) is 5.14. The first-order valence-electron chi connectivity index (χ1n) is 11.6. The third-order valence-corrected chi connectivity index (χ3v) is 5.57. The Balaban J connectivity index is 1.40. The smallest absolute Gasteiger partial charge is 0.255 e. The van der Waals surface area contributed by atoms with Crippen molar-refractivity contribution in [1.29, 1.82) is 0 Å². The van der Waals surface area contributed by atoms with E-state index in [9.17, 15) is 4.79 Å². The summed E-state index contributed by atoms with van der Waals surface area (Å²) in [5.74, 6) is 2.18. The Bertz CT molecular complexity index is 1500. The molecule has 9 heteroatoms. The average molecular weight is 480 g/mol. The Kier molecular flexibility index (Phi) is 6.53. The Morgan fingerprint density at radius 1 is 1.03 bits per heavy atom. The lowest BCUT2D eigenvalue weighted by atomic mass is 10.2. The molecule has 0 bridgehead atoms. The van der Waals surface area contributed by atoms with Crippen LogP contribution in [0.4, 0.5) is 17.2 Å². The van der Waals surface area contributed by atoms with E-state index >= 15 is 0 Å². The lowest BCUT2D eigenvalue weighted by Gasteiger charge is -2.11. The molecule has 180 valence electrons. The largest absolute Gasteiger partial charge is 0.495 e. The van der Waals surface area contributed by atoms with Gasteiger partial charge in [0.2, 0.25) is 0 Å². The lowest BCUT2D eigenvalue weighted by Crippen LogP contribution is -2.12. The zero-order chi connectivity index (χ0) is 24.9. The fourth-order valence-electron chi connectivity index (χ4n) is 3.80. The number of fused-ring (bicyclic) bond motifs is 1. The van der Waals surface area contributed by atoms with Gasteiger partial charge in [-0.2, -0.15) is 9.50 Å². The van der Waals surface area contributed by atoms with Crippen molar-refractivity contribution < 1.29 is 9.53 Å². The summed E-state index contributed by atoms with van der Waals surface area (Å²) in [7, 11) is 1.57. The molecule has 0 aliphatic rings. The van der Waals surface area contributed by atoms with Gasteiger partial charge in [-0.15, -0.1) is 5.10 Å². The number of rotatable bonds is 8. The number of anilines is 3. The average Bonchev–Trinajstić information content (AvgIpc) is 3.35. The molecule has 5 rings (SSSR count). The molecule has 0 atom stereocenters. The first-order chi connectivity index (χ1) is 17.6. The highest BCUT2D eigenvalue weighted by atomic mass is 16.5. The van der Waals surface area contributed by atoms with Crippen LogP contribution in [-0.2, 0) is 6.42 Å². The van der Waals surface area contributed by atoms with E-state index in [-0.39, 0.29) is 5.91 Å². The van der Waals surface area contributed by atoms with Crippen molar-refractivity contribution >= 4 is 28.9 Å². The summed E-state index contributed by atoms with van der Waals surface area (Å²) in [5, 5.41) is 10.9. The van der Waals surface area contributed by atoms with Crippen LogP contribution in [0.15, 0.2) is 79.1 Å². The number of hydrogen-bond donors (Lipinski definition) is 2. The summed E-state index contributed by atoms with van der Waals surface area (Å²) in [5.41, 5.74) is 3.68. The molecular formula is C27H25N7O2. The first-order valence-corrected chi connectivity index (χ1v) is 11.6. The van der Waals surface area contributed by atoms with Gasteiger partial charge in [-0.05, 0) is 55.0 Å². The van der Waals surface area contributed by atoms with Crippen LogP contribution in [0.2, 0.25) is 0 Å². The van der Waals surface area contributed by atoms with E-state index < -0.39 is 0 Å². The number of carbonyl (C=O) groups excluding carboxylic acids is 1.